The number of hydrogen-bond acceptors (Lipinski definition) is 6. The van der Waals surface area contributed by atoms with E-state index in [1.54, 1.807) is 12.1 Å². The van der Waals surface area contributed by atoms with Crippen molar-refractivity contribution in [2.75, 3.05) is 6.61 Å². The number of carbonyl (C=O) groups is 3. The van der Waals surface area contributed by atoms with Crippen LogP contribution in [0.4, 0.5) is 9.18 Å². The molecule has 1 aromatic carbocycles. The standard InChI is InChI=1S/C18H19FN2O6/c1-18(2,27-13-7-5-12(19)6-8-13)16(23)26-11-15(22)21-17(24)20-10-14-4-3-9-25-14/h3-9H,10-11H2,1-2H3,(H2,20,21,22,24). The highest BCUT2D eigenvalue weighted by Crippen LogP contribution is 2.19. The van der Waals surface area contributed by atoms with Crippen LogP contribution in [0.5, 0.6) is 5.75 Å². The maximum absolute atomic E-state index is 12.9. The van der Waals surface area contributed by atoms with Crippen LogP contribution in [0.25, 0.3) is 0 Å². The molecule has 0 spiro atoms. The van der Waals surface area contributed by atoms with Crippen molar-refractivity contribution in [3.63, 3.8) is 0 Å². The fourth-order valence-corrected chi connectivity index (χ4v) is 1.93. The van der Waals surface area contributed by atoms with Crippen LogP contribution in [0.3, 0.4) is 0 Å². The van der Waals surface area contributed by atoms with Gasteiger partial charge in [-0.15, -0.1) is 0 Å². The first-order valence-corrected chi connectivity index (χ1v) is 7.98. The minimum absolute atomic E-state index is 0.102. The highest BCUT2D eigenvalue weighted by atomic mass is 19.1. The van der Waals surface area contributed by atoms with Crippen LogP contribution >= 0.6 is 0 Å². The second-order valence-corrected chi connectivity index (χ2v) is 5.95. The van der Waals surface area contributed by atoms with Crippen molar-refractivity contribution in [3.05, 3.63) is 54.2 Å². The van der Waals surface area contributed by atoms with Gasteiger partial charge < -0.3 is 19.2 Å². The van der Waals surface area contributed by atoms with Crippen LogP contribution in [0.15, 0.2) is 47.1 Å². The van der Waals surface area contributed by atoms with Gasteiger partial charge in [0.05, 0.1) is 12.8 Å². The first-order valence-electron chi connectivity index (χ1n) is 7.98. The molecule has 0 atom stereocenters. The summed E-state index contributed by atoms with van der Waals surface area (Å²) in [5.41, 5.74) is -1.42. The molecule has 0 saturated heterocycles. The van der Waals surface area contributed by atoms with Gasteiger partial charge in [-0.05, 0) is 50.2 Å². The van der Waals surface area contributed by atoms with Gasteiger partial charge in [-0.25, -0.2) is 14.0 Å². The summed E-state index contributed by atoms with van der Waals surface area (Å²) in [5, 5.41) is 4.43. The number of hydrogen-bond donors (Lipinski definition) is 2. The molecule has 0 bridgehead atoms. The second-order valence-electron chi connectivity index (χ2n) is 5.95. The lowest BCUT2D eigenvalue weighted by molar-refractivity contribution is -0.161. The molecule has 2 rings (SSSR count). The number of esters is 1. The Labute approximate surface area is 154 Å². The predicted molar refractivity (Wildman–Crippen MR) is 91.2 cm³/mol. The van der Waals surface area contributed by atoms with Gasteiger partial charge >= 0.3 is 12.0 Å². The number of imide groups is 1. The molecule has 27 heavy (non-hydrogen) atoms. The van der Waals surface area contributed by atoms with Gasteiger partial charge in [0, 0.05) is 0 Å². The predicted octanol–water partition coefficient (Wildman–Crippen LogP) is 2.15. The van der Waals surface area contributed by atoms with Gasteiger partial charge in [-0.3, -0.25) is 10.1 Å². The molecule has 2 N–H and O–H groups in total. The van der Waals surface area contributed by atoms with Crippen molar-refractivity contribution in [2.24, 2.45) is 0 Å². The van der Waals surface area contributed by atoms with E-state index >= 15 is 0 Å². The number of furan rings is 1. The number of benzene rings is 1. The van der Waals surface area contributed by atoms with E-state index in [1.807, 2.05) is 5.32 Å². The monoisotopic (exact) mass is 378 g/mol. The number of urea groups is 1. The van der Waals surface area contributed by atoms with Crippen molar-refractivity contribution in [1.82, 2.24) is 10.6 Å². The number of amides is 3. The van der Waals surface area contributed by atoms with Crippen molar-refractivity contribution >= 4 is 17.9 Å². The quantitative estimate of drug-likeness (QED) is 0.715. The van der Waals surface area contributed by atoms with E-state index in [1.165, 1.54) is 44.4 Å². The topological polar surface area (TPSA) is 107 Å². The van der Waals surface area contributed by atoms with E-state index in [9.17, 15) is 18.8 Å². The zero-order valence-electron chi connectivity index (χ0n) is 14.8. The molecule has 0 fully saturated rings. The Balaban J connectivity index is 1.74. The molecular formula is C18H19FN2O6. The lowest BCUT2D eigenvalue weighted by atomic mass is 10.1. The van der Waals surface area contributed by atoms with Gasteiger partial charge in [-0.2, -0.15) is 0 Å². The third kappa shape index (κ3) is 6.46. The molecule has 0 aliphatic rings. The SMILES string of the molecule is CC(C)(Oc1ccc(F)cc1)C(=O)OCC(=O)NC(=O)NCc1ccco1. The summed E-state index contributed by atoms with van der Waals surface area (Å²) >= 11 is 0. The summed E-state index contributed by atoms with van der Waals surface area (Å²) in [6.45, 7) is 2.31. The van der Waals surface area contributed by atoms with E-state index < -0.39 is 35.9 Å². The average molecular weight is 378 g/mol. The summed E-state index contributed by atoms with van der Waals surface area (Å²) in [5.74, 6) is -1.29. The van der Waals surface area contributed by atoms with Crippen LogP contribution in [-0.4, -0.2) is 30.1 Å². The highest BCUT2D eigenvalue weighted by molar-refractivity contribution is 5.95. The molecule has 0 saturated carbocycles. The number of carbonyl (C=O) groups excluding carboxylic acids is 3. The first-order chi connectivity index (χ1) is 12.8. The van der Waals surface area contributed by atoms with Crippen LogP contribution in [0, 0.1) is 5.82 Å². The van der Waals surface area contributed by atoms with Crippen molar-refractivity contribution in [1.29, 1.82) is 0 Å². The van der Waals surface area contributed by atoms with Crippen molar-refractivity contribution in [3.8, 4) is 5.75 Å². The number of rotatable bonds is 7. The van der Waals surface area contributed by atoms with E-state index in [0.29, 0.717) is 5.76 Å². The van der Waals surface area contributed by atoms with Crippen LogP contribution < -0.4 is 15.4 Å². The Morgan fingerprint density at radius 1 is 1.15 bits per heavy atom. The molecule has 3 amide bonds. The smallest absolute Gasteiger partial charge is 0.350 e. The maximum Gasteiger partial charge on any atom is 0.350 e. The van der Waals surface area contributed by atoms with Crippen molar-refractivity contribution in [2.45, 2.75) is 26.0 Å². The molecule has 1 aromatic heterocycles. The van der Waals surface area contributed by atoms with Crippen LogP contribution in [-0.2, 0) is 20.9 Å². The summed E-state index contributed by atoms with van der Waals surface area (Å²) < 4.78 is 28.2. The van der Waals surface area contributed by atoms with Gasteiger partial charge in [0.25, 0.3) is 5.91 Å². The minimum Gasteiger partial charge on any atom is -0.476 e. The van der Waals surface area contributed by atoms with Gasteiger partial charge in [0.15, 0.2) is 12.2 Å². The van der Waals surface area contributed by atoms with Gasteiger partial charge in [-0.1, -0.05) is 0 Å². The number of halogens is 1. The third-order valence-electron chi connectivity index (χ3n) is 3.27. The Bertz CT molecular complexity index is 787. The van der Waals surface area contributed by atoms with E-state index in [-0.39, 0.29) is 12.3 Å². The third-order valence-corrected chi connectivity index (χ3v) is 3.27. The summed E-state index contributed by atoms with van der Waals surface area (Å²) in [7, 11) is 0. The fourth-order valence-electron chi connectivity index (χ4n) is 1.93. The van der Waals surface area contributed by atoms with Crippen LogP contribution in [0.2, 0.25) is 0 Å². The van der Waals surface area contributed by atoms with E-state index in [2.05, 4.69) is 5.32 Å². The molecule has 144 valence electrons. The normalized spacial score (nSPS) is 10.8. The number of nitrogens with one attached hydrogen (secondary N) is 2. The summed E-state index contributed by atoms with van der Waals surface area (Å²) in [6, 6.07) is 7.66. The minimum atomic E-state index is -1.42. The Kier molecular flexibility index (Phi) is 6.53. The van der Waals surface area contributed by atoms with E-state index in [0.717, 1.165) is 0 Å². The molecule has 2 aromatic rings. The largest absolute Gasteiger partial charge is 0.476 e. The maximum atomic E-state index is 12.9. The van der Waals surface area contributed by atoms with Gasteiger partial charge in [0.1, 0.15) is 17.3 Å². The Morgan fingerprint density at radius 3 is 2.48 bits per heavy atom. The summed E-state index contributed by atoms with van der Waals surface area (Å²) in [4.78, 5) is 35.4. The van der Waals surface area contributed by atoms with Crippen molar-refractivity contribution < 1.29 is 32.7 Å². The highest BCUT2D eigenvalue weighted by Gasteiger charge is 2.32. The molecule has 0 aliphatic heterocycles. The zero-order valence-corrected chi connectivity index (χ0v) is 14.8. The molecule has 0 unspecified atom stereocenters. The van der Waals surface area contributed by atoms with Gasteiger partial charge in [0.2, 0.25) is 0 Å². The second kappa shape index (κ2) is 8.84. The lowest BCUT2D eigenvalue weighted by Crippen LogP contribution is -2.44. The average Bonchev–Trinajstić information content (AvgIpc) is 3.13. The Hall–Kier alpha value is -3.36. The lowest BCUT2D eigenvalue weighted by Gasteiger charge is -2.24. The first kappa shape index (κ1) is 20.0. The van der Waals surface area contributed by atoms with E-state index in [4.69, 9.17) is 13.9 Å². The molecule has 1 heterocycles. The number of ether oxygens (including phenoxy) is 2. The molecule has 8 nitrogen and oxygen atoms in total. The molecule has 0 radical (unpaired) electrons. The molecular weight excluding hydrogens is 359 g/mol. The molecule has 9 heteroatoms. The fraction of sp³-hybridized carbons (Fsp3) is 0.278. The summed E-state index contributed by atoms with van der Waals surface area (Å²) in [6.07, 6.45) is 1.45. The molecule has 0 aliphatic carbocycles. The zero-order chi connectivity index (χ0) is 19.9. The van der Waals surface area contributed by atoms with Crippen LogP contribution in [0.1, 0.15) is 19.6 Å². The Morgan fingerprint density at radius 2 is 1.85 bits per heavy atom.